The Bertz CT molecular complexity index is 248. The minimum absolute atomic E-state index is 0.0602. The lowest BCUT2D eigenvalue weighted by Gasteiger charge is -2.21. The average molecular weight is 202 g/mol. The van der Waals surface area contributed by atoms with Crippen molar-refractivity contribution in [2.45, 2.75) is 43.7 Å². The molecule has 0 unspecified atom stereocenters. The van der Waals surface area contributed by atoms with E-state index in [9.17, 15) is 14.9 Å². The van der Waals surface area contributed by atoms with Crippen molar-refractivity contribution in [3.63, 3.8) is 0 Å². The van der Waals surface area contributed by atoms with E-state index < -0.39 is 17.6 Å². The van der Waals surface area contributed by atoms with Crippen LogP contribution in [0.2, 0.25) is 0 Å². The van der Waals surface area contributed by atoms with Crippen molar-refractivity contribution in [1.29, 1.82) is 0 Å². The molecule has 0 saturated heterocycles. The van der Waals surface area contributed by atoms with E-state index >= 15 is 0 Å². The van der Waals surface area contributed by atoms with Crippen LogP contribution in [-0.2, 0) is 4.79 Å². The van der Waals surface area contributed by atoms with E-state index in [2.05, 4.69) is 0 Å². The molecular formula is C8H14N2O4. The first-order valence-electron chi connectivity index (χ1n) is 4.61. The Hall–Kier alpha value is -1.17. The van der Waals surface area contributed by atoms with Crippen LogP contribution in [0.4, 0.5) is 0 Å². The standard InChI is InChI=1S/C8H14N2O4/c9-6(7(11)12)5-8(10(13)14)3-1-2-4-8/h6H,1-5,9H2,(H,11,12)/t6-/m0/s1. The van der Waals surface area contributed by atoms with Crippen molar-refractivity contribution < 1.29 is 14.8 Å². The van der Waals surface area contributed by atoms with Crippen LogP contribution in [0.3, 0.4) is 0 Å². The summed E-state index contributed by atoms with van der Waals surface area (Å²) in [6.45, 7) is 0. The van der Waals surface area contributed by atoms with Gasteiger partial charge in [-0.3, -0.25) is 14.9 Å². The molecule has 6 nitrogen and oxygen atoms in total. The number of rotatable bonds is 4. The smallest absolute Gasteiger partial charge is 0.320 e. The molecule has 14 heavy (non-hydrogen) atoms. The number of carboxylic acid groups (broad SMARTS) is 1. The van der Waals surface area contributed by atoms with Gasteiger partial charge in [0.2, 0.25) is 5.54 Å². The second-order valence-corrected chi connectivity index (χ2v) is 3.84. The molecule has 1 atom stereocenters. The van der Waals surface area contributed by atoms with Gasteiger partial charge in [-0.2, -0.15) is 0 Å². The molecule has 80 valence electrons. The van der Waals surface area contributed by atoms with Gasteiger partial charge in [0, 0.05) is 24.2 Å². The van der Waals surface area contributed by atoms with E-state index in [0.717, 1.165) is 12.8 Å². The highest BCUT2D eigenvalue weighted by Crippen LogP contribution is 2.36. The fraction of sp³-hybridized carbons (Fsp3) is 0.875. The summed E-state index contributed by atoms with van der Waals surface area (Å²) in [7, 11) is 0. The number of nitrogens with two attached hydrogens (primary N) is 1. The van der Waals surface area contributed by atoms with Crippen molar-refractivity contribution >= 4 is 5.97 Å². The van der Waals surface area contributed by atoms with Crippen molar-refractivity contribution in [2.75, 3.05) is 0 Å². The number of nitrogens with zero attached hydrogens (tertiary/aromatic N) is 1. The Labute approximate surface area is 81.2 Å². The lowest BCUT2D eigenvalue weighted by Crippen LogP contribution is -2.44. The Morgan fingerprint density at radius 2 is 2.07 bits per heavy atom. The molecule has 1 saturated carbocycles. The minimum Gasteiger partial charge on any atom is -0.480 e. The largest absolute Gasteiger partial charge is 0.480 e. The first-order valence-corrected chi connectivity index (χ1v) is 4.61. The van der Waals surface area contributed by atoms with Gasteiger partial charge in [-0.05, 0) is 12.8 Å². The molecule has 0 bridgehead atoms. The molecule has 0 amide bonds. The number of nitro groups is 1. The summed E-state index contributed by atoms with van der Waals surface area (Å²) in [6, 6.07) is -1.13. The van der Waals surface area contributed by atoms with Gasteiger partial charge in [-0.1, -0.05) is 0 Å². The maximum absolute atomic E-state index is 10.8. The summed E-state index contributed by atoms with van der Waals surface area (Å²) < 4.78 is 0. The van der Waals surface area contributed by atoms with Gasteiger partial charge in [0.25, 0.3) is 0 Å². The lowest BCUT2D eigenvalue weighted by atomic mass is 9.90. The van der Waals surface area contributed by atoms with E-state index in [1.54, 1.807) is 0 Å². The number of carbonyl (C=O) groups is 1. The molecule has 0 aliphatic heterocycles. The number of carboxylic acids is 1. The summed E-state index contributed by atoms with van der Waals surface area (Å²) in [4.78, 5) is 21.0. The number of hydrogen-bond donors (Lipinski definition) is 2. The van der Waals surface area contributed by atoms with Crippen LogP contribution < -0.4 is 5.73 Å². The van der Waals surface area contributed by atoms with Crippen LogP contribution in [0, 0.1) is 10.1 Å². The summed E-state index contributed by atoms with van der Waals surface area (Å²) in [6.07, 6.45) is 2.40. The number of hydrogen-bond acceptors (Lipinski definition) is 4. The molecule has 6 heteroatoms. The van der Waals surface area contributed by atoms with Crippen molar-refractivity contribution in [3.8, 4) is 0 Å². The normalized spacial score (nSPS) is 21.8. The molecule has 0 aromatic carbocycles. The van der Waals surface area contributed by atoms with Gasteiger partial charge in [-0.15, -0.1) is 0 Å². The van der Waals surface area contributed by atoms with Gasteiger partial charge in [0.15, 0.2) is 0 Å². The van der Waals surface area contributed by atoms with E-state index in [1.165, 1.54) is 0 Å². The topological polar surface area (TPSA) is 106 Å². The molecule has 1 aliphatic carbocycles. The van der Waals surface area contributed by atoms with Crippen LogP contribution in [-0.4, -0.2) is 27.6 Å². The Balaban J connectivity index is 2.70. The zero-order valence-corrected chi connectivity index (χ0v) is 7.81. The predicted octanol–water partition coefficient (Wildman–Crippen LogP) is 0.378. The first-order chi connectivity index (χ1) is 6.48. The van der Waals surface area contributed by atoms with E-state index in [0.29, 0.717) is 12.8 Å². The third kappa shape index (κ3) is 2.01. The molecule has 3 N–H and O–H groups in total. The monoisotopic (exact) mass is 202 g/mol. The Morgan fingerprint density at radius 1 is 1.57 bits per heavy atom. The van der Waals surface area contributed by atoms with Crippen LogP contribution >= 0.6 is 0 Å². The van der Waals surface area contributed by atoms with Gasteiger partial charge in [0.1, 0.15) is 6.04 Å². The molecular weight excluding hydrogens is 188 g/mol. The predicted molar refractivity (Wildman–Crippen MR) is 48.4 cm³/mol. The maximum Gasteiger partial charge on any atom is 0.320 e. The minimum atomic E-state index is -1.17. The summed E-state index contributed by atoms with van der Waals surface area (Å²) >= 11 is 0. The molecule has 0 radical (unpaired) electrons. The molecule has 0 aromatic rings. The van der Waals surface area contributed by atoms with Crippen molar-refractivity contribution in [3.05, 3.63) is 10.1 Å². The number of aliphatic carboxylic acids is 1. The fourth-order valence-corrected chi connectivity index (χ4v) is 1.99. The van der Waals surface area contributed by atoms with Crippen LogP contribution in [0.15, 0.2) is 0 Å². The van der Waals surface area contributed by atoms with E-state index in [-0.39, 0.29) is 11.3 Å². The third-order valence-corrected chi connectivity index (χ3v) is 2.84. The highest BCUT2D eigenvalue weighted by atomic mass is 16.6. The zero-order chi connectivity index (χ0) is 10.8. The fourth-order valence-electron chi connectivity index (χ4n) is 1.99. The quantitative estimate of drug-likeness (QED) is 0.506. The van der Waals surface area contributed by atoms with Crippen LogP contribution in [0.25, 0.3) is 0 Å². The molecule has 1 fully saturated rings. The lowest BCUT2D eigenvalue weighted by molar-refractivity contribution is -0.569. The summed E-state index contributed by atoms with van der Waals surface area (Å²) in [5.74, 6) is -1.17. The first kappa shape index (κ1) is 10.9. The Kier molecular flexibility index (Phi) is 3.05. The van der Waals surface area contributed by atoms with Gasteiger partial charge < -0.3 is 10.8 Å². The second-order valence-electron chi connectivity index (χ2n) is 3.84. The van der Waals surface area contributed by atoms with E-state index in [1.807, 2.05) is 0 Å². The van der Waals surface area contributed by atoms with Gasteiger partial charge in [-0.25, -0.2) is 0 Å². The third-order valence-electron chi connectivity index (χ3n) is 2.84. The van der Waals surface area contributed by atoms with Gasteiger partial charge >= 0.3 is 5.97 Å². The molecule has 1 rings (SSSR count). The highest BCUT2D eigenvalue weighted by Gasteiger charge is 2.47. The average Bonchev–Trinajstić information content (AvgIpc) is 2.53. The van der Waals surface area contributed by atoms with Crippen LogP contribution in [0.5, 0.6) is 0 Å². The van der Waals surface area contributed by atoms with Gasteiger partial charge in [0.05, 0.1) is 0 Å². The van der Waals surface area contributed by atoms with Crippen LogP contribution in [0.1, 0.15) is 32.1 Å². The Morgan fingerprint density at radius 3 is 2.43 bits per heavy atom. The van der Waals surface area contributed by atoms with E-state index in [4.69, 9.17) is 10.8 Å². The summed E-state index contributed by atoms with van der Waals surface area (Å²) in [5.41, 5.74) is 4.23. The SMILES string of the molecule is N[C@@H](CC1([N+](=O)[O-])CCCC1)C(=O)O. The van der Waals surface area contributed by atoms with Crippen molar-refractivity contribution in [2.24, 2.45) is 5.73 Å². The molecule has 0 aromatic heterocycles. The van der Waals surface area contributed by atoms with Crippen molar-refractivity contribution in [1.82, 2.24) is 0 Å². The summed E-state index contributed by atoms with van der Waals surface area (Å²) in [5, 5.41) is 19.4. The molecule has 1 aliphatic rings. The molecule has 0 spiro atoms. The zero-order valence-electron chi connectivity index (χ0n) is 7.81. The highest BCUT2D eigenvalue weighted by molar-refractivity contribution is 5.73. The second kappa shape index (κ2) is 3.91. The molecule has 0 heterocycles. The maximum atomic E-state index is 10.8.